The highest BCUT2D eigenvalue weighted by Gasteiger charge is 2.16. The number of rotatable bonds is 2. The first-order chi connectivity index (χ1) is 8.99. The lowest BCUT2D eigenvalue weighted by atomic mass is 10.1. The molecule has 2 rings (SSSR count). The van der Waals surface area contributed by atoms with Crippen LogP contribution in [0.25, 0.3) is 0 Å². The minimum Gasteiger partial charge on any atom is -0.398 e. The number of carbonyl (C=O) groups is 1. The summed E-state index contributed by atoms with van der Waals surface area (Å²) in [5, 5.41) is 0.521. The van der Waals surface area contributed by atoms with Crippen LogP contribution in [-0.2, 0) is 0 Å². The Bertz CT molecular complexity index is 625. The molecule has 0 fully saturated rings. The number of benzene rings is 2. The number of nitrogens with two attached hydrogens (primary N) is 1. The van der Waals surface area contributed by atoms with Crippen LogP contribution < -0.4 is 10.6 Å². The molecule has 0 radical (unpaired) electrons. The van der Waals surface area contributed by atoms with E-state index in [0.29, 0.717) is 16.3 Å². The molecule has 0 aromatic heterocycles. The summed E-state index contributed by atoms with van der Waals surface area (Å²) in [6.07, 6.45) is 0. The van der Waals surface area contributed by atoms with Gasteiger partial charge in [0.25, 0.3) is 5.91 Å². The molecule has 0 heterocycles. The topological polar surface area (TPSA) is 46.3 Å². The van der Waals surface area contributed by atoms with Gasteiger partial charge in [-0.15, -0.1) is 0 Å². The van der Waals surface area contributed by atoms with Crippen LogP contribution >= 0.6 is 11.6 Å². The quantitative estimate of drug-likeness (QED) is 0.852. The second-order valence-electron chi connectivity index (χ2n) is 4.43. The van der Waals surface area contributed by atoms with Crippen molar-refractivity contribution in [2.45, 2.75) is 6.92 Å². The van der Waals surface area contributed by atoms with Gasteiger partial charge < -0.3 is 10.6 Å². The van der Waals surface area contributed by atoms with Crippen LogP contribution in [0.3, 0.4) is 0 Å². The highest BCUT2D eigenvalue weighted by atomic mass is 35.5. The number of anilines is 2. The van der Waals surface area contributed by atoms with Gasteiger partial charge in [-0.3, -0.25) is 4.79 Å². The molecule has 0 aliphatic rings. The van der Waals surface area contributed by atoms with Crippen molar-refractivity contribution < 1.29 is 4.79 Å². The first kappa shape index (κ1) is 13.4. The fraction of sp³-hybridized carbons (Fsp3) is 0.133. The summed E-state index contributed by atoms with van der Waals surface area (Å²) in [5.41, 5.74) is 8.61. The Morgan fingerprint density at radius 3 is 2.58 bits per heavy atom. The molecule has 2 aromatic carbocycles. The molecule has 2 N–H and O–H groups in total. The van der Waals surface area contributed by atoms with Gasteiger partial charge in [0.15, 0.2) is 0 Å². The molecule has 0 bridgehead atoms. The van der Waals surface area contributed by atoms with Gasteiger partial charge in [-0.2, -0.15) is 0 Å². The van der Waals surface area contributed by atoms with E-state index in [2.05, 4.69) is 0 Å². The average molecular weight is 275 g/mol. The van der Waals surface area contributed by atoms with E-state index in [1.54, 1.807) is 30.1 Å². The zero-order chi connectivity index (χ0) is 14.0. The van der Waals surface area contributed by atoms with Gasteiger partial charge in [-0.25, -0.2) is 0 Å². The van der Waals surface area contributed by atoms with Gasteiger partial charge in [0.2, 0.25) is 0 Å². The Morgan fingerprint density at radius 1 is 1.21 bits per heavy atom. The number of halogens is 1. The molecule has 0 spiro atoms. The molecule has 4 heteroatoms. The Balaban J connectivity index is 2.33. The molecule has 0 atom stereocenters. The molecule has 0 saturated carbocycles. The zero-order valence-corrected chi connectivity index (χ0v) is 11.6. The smallest absolute Gasteiger partial charge is 0.260 e. The number of hydrogen-bond donors (Lipinski definition) is 1. The van der Waals surface area contributed by atoms with Crippen LogP contribution in [0, 0.1) is 6.92 Å². The largest absolute Gasteiger partial charge is 0.398 e. The molecule has 0 aliphatic heterocycles. The van der Waals surface area contributed by atoms with Gasteiger partial charge in [0.05, 0.1) is 5.56 Å². The highest BCUT2D eigenvalue weighted by Crippen LogP contribution is 2.22. The minimum absolute atomic E-state index is 0.153. The summed E-state index contributed by atoms with van der Waals surface area (Å²) in [7, 11) is 1.73. The lowest BCUT2D eigenvalue weighted by Crippen LogP contribution is -2.27. The number of aryl methyl sites for hydroxylation is 1. The molecule has 0 aliphatic carbocycles. The van der Waals surface area contributed by atoms with E-state index in [1.807, 2.05) is 31.2 Å². The van der Waals surface area contributed by atoms with E-state index < -0.39 is 0 Å². The third kappa shape index (κ3) is 2.88. The third-order valence-corrected chi connectivity index (χ3v) is 3.17. The van der Waals surface area contributed by atoms with Crippen molar-refractivity contribution in [3.05, 3.63) is 58.6 Å². The maximum Gasteiger partial charge on any atom is 0.260 e. The summed E-state index contributed by atoms with van der Waals surface area (Å²) in [6, 6.07) is 12.6. The van der Waals surface area contributed by atoms with E-state index in [0.717, 1.165) is 11.3 Å². The van der Waals surface area contributed by atoms with Gasteiger partial charge in [0, 0.05) is 23.4 Å². The molecule has 98 valence electrons. The number of nitrogens with zero attached hydrogens (tertiary/aromatic N) is 1. The normalized spacial score (nSPS) is 10.3. The Kier molecular flexibility index (Phi) is 3.76. The highest BCUT2D eigenvalue weighted by molar-refractivity contribution is 6.31. The Hall–Kier alpha value is -2.00. The fourth-order valence-electron chi connectivity index (χ4n) is 1.86. The van der Waals surface area contributed by atoms with Gasteiger partial charge >= 0.3 is 0 Å². The minimum atomic E-state index is -0.153. The summed E-state index contributed by atoms with van der Waals surface area (Å²) in [6.45, 7) is 1.98. The molecular formula is C15H15ClN2O. The number of hydrogen-bond acceptors (Lipinski definition) is 2. The molecule has 1 amide bonds. The summed E-state index contributed by atoms with van der Waals surface area (Å²) >= 11 is 5.83. The standard InChI is InChI=1S/C15H15ClN2O/c1-10-4-3-5-12(8-10)18(2)15(19)13-7-6-11(16)9-14(13)17/h3-9H,17H2,1-2H3. The number of nitrogen functional groups attached to an aromatic ring is 1. The molecule has 19 heavy (non-hydrogen) atoms. The molecule has 0 saturated heterocycles. The van der Waals surface area contributed by atoms with Crippen molar-refractivity contribution in [1.82, 2.24) is 0 Å². The second kappa shape index (κ2) is 5.33. The van der Waals surface area contributed by atoms with E-state index in [4.69, 9.17) is 17.3 Å². The maximum absolute atomic E-state index is 12.4. The molecular weight excluding hydrogens is 260 g/mol. The second-order valence-corrected chi connectivity index (χ2v) is 4.87. The van der Waals surface area contributed by atoms with Crippen molar-refractivity contribution in [3.63, 3.8) is 0 Å². The van der Waals surface area contributed by atoms with Crippen LogP contribution in [0.2, 0.25) is 5.02 Å². The first-order valence-corrected chi connectivity index (χ1v) is 6.26. The third-order valence-electron chi connectivity index (χ3n) is 2.94. The lowest BCUT2D eigenvalue weighted by molar-refractivity contribution is 0.0994. The Morgan fingerprint density at radius 2 is 1.95 bits per heavy atom. The van der Waals surface area contributed by atoms with Crippen molar-refractivity contribution in [2.75, 3.05) is 17.7 Å². The van der Waals surface area contributed by atoms with Crippen LogP contribution in [-0.4, -0.2) is 13.0 Å². The van der Waals surface area contributed by atoms with Crippen molar-refractivity contribution in [3.8, 4) is 0 Å². The van der Waals surface area contributed by atoms with Crippen molar-refractivity contribution in [1.29, 1.82) is 0 Å². The summed E-state index contributed by atoms with van der Waals surface area (Å²) in [5.74, 6) is -0.153. The molecule has 3 nitrogen and oxygen atoms in total. The maximum atomic E-state index is 12.4. The number of amides is 1. The van der Waals surface area contributed by atoms with Crippen LogP contribution in [0.1, 0.15) is 15.9 Å². The first-order valence-electron chi connectivity index (χ1n) is 5.89. The molecule has 2 aromatic rings. The van der Waals surface area contributed by atoms with Crippen molar-refractivity contribution >= 4 is 28.9 Å². The van der Waals surface area contributed by atoms with E-state index >= 15 is 0 Å². The predicted molar refractivity (Wildman–Crippen MR) is 79.8 cm³/mol. The van der Waals surface area contributed by atoms with Crippen LogP contribution in [0.5, 0.6) is 0 Å². The van der Waals surface area contributed by atoms with Crippen molar-refractivity contribution in [2.24, 2.45) is 0 Å². The monoisotopic (exact) mass is 274 g/mol. The Labute approximate surface area is 117 Å². The SMILES string of the molecule is Cc1cccc(N(C)C(=O)c2ccc(Cl)cc2N)c1. The zero-order valence-electron chi connectivity index (χ0n) is 10.9. The van der Waals surface area contributed by atoms with E-state index in [1.165, 1.54) is 0 Å². The van der Waals surface area contributed by atoms with E-state index in [9.17, 15) is 4.79 Å². The number of carbonyl (C=O) groups excluding carboxylic acids is 1. The van der Waals surface area contributed by atoms with E-state index in [-0.39, 0.29) is 5.91 Å². The lowest BCUT2D eigenvalue weighted by Gasteiger charge is -2.19. The van der Waals surface area contributed by atoms with Gasteiger partial charge in [-0.1, -0.05) is 23.7 Å². The fourth-order valence-corrected chi connectivity index (χ4v) is 2.04. The molecule has 0 unspecified atom stereocenters. The summed E-state index contributed by atoms with van der Waals surface area (Å²) in [4.78, 5) is 14.0. The average Bonchev–Trinajstić information content (AvgIpc) is 2.37. The van der Waals surface area contributed by atoms with Crippen LogP contribution in [0.15, 0.2) is 42.5 Å². The predicted octanol–water partition coefficient (Wildman–Crippen LogP) is 3.51. The summed E-state index contributed by atoms with van der Waals surface area (Å²) < 4.78 is 0. The van der Waals surface area contributed by atoms with Gasteiger partial charge in [-0.05, 0) is 42.8 Å². The van der Waals surface area contributed by atoms with Crippen LogP contribution in [0.4, 0.5) is 11.4 Å². The van der Waals surface area contributed by atoms with Gasteiger partial charge in [0.1, 0.15) is 0 Å².